The summed E-state index contributed by atoms with van der Waals surface area (Å²) in [6, 6.07) is 9.25. The van der Waals surface area contributed by atoms with Crippen LogP contribution in [-0.2, 0) is 11.3 Å². The molecule has 0 saturated carbocycles. The highest BCUT2D eigenvalue weighted by molar-refractivity contribution is 7.13. The third-order valence-electron chi connectivity index (χ3n) is 3.99. The average Bonchev–Trinajstić information content (AvgIpc) is 3.17. The maximum Gasteiger partial charge on any atom is 0.393 e. The van der Waals surface area contributed by atoms with Crippen LogP contribution in [0.3, 0.4) is 0 Å². The number of carbonyl (C=O) groups excluding carboxylic acids is 1. The van der Waals surface area contributed by atoms with E-state index in [0.717, 1.165) is 16.9 Å². The van der Waals surface area contributed by atoms with Crippen molar-refractivity contribution in [3.63, 3.8) is 0 Å². The Morgan fingerprint density at radius 1 is 1.29 bits per heavy atom. The minimum absolute atomic E-state index is 0.0592. The number of likely N-dealkylation sites (tertiary alicyclic amines) is 1. The molecule has 3 rings (SSSR count). The number of nitrogens with one attached hydrogen (secondary N) is 1. The van der Waals surface area contributed by atoms with E-state index in [1.807, 2.05) is 30.3 Å². The fourth-order valence-electron chi connectivity index (χ4n) is 2.88. The van der Waals surface area contributed by atoms with Gasteiger partial charge in [-0.05, 0) is 5.56 Å². The zero-order valence-electron chi connectivity index (χ0n) is 12.5. The Labute approximate surface area is 140 Å². The summed E-state index contributed by atoms with van der Waals surface area (Å²) in [5.74, 6) is -3.50. The summed E-state index contributed by atoms with van der Waals surface area (Å²) in [4.78, 5) is 13.9. The molecule has 1 aliphatic rings. The molecular weight excluding hydrogens is 341 g/mol. The second kappa shape index (κ2) is 6.86. The smallest absolute Gasteiger partial charge is 0.300 e. The fourth-order valence-corrected chi connectivity index (χ4v) is 3.33. The van der Waals surface area contributed by atoms with E-state index in [1.54, 1.807) is 4.90 Å². The highest BCUT2D eigenvalue weighted by Gasteiger charge is 2.52. The highest BCUT2D eigenvalue weighted by atomic mass is 32.1. The average molecular weight is 356 g/mol. The van der Waals surface area contributed by atoms with Crippen LogP contribution in [0.4, 0.5) is 18.3 Å². The molecule has 1 amide bonds. The van der Waals surface area contributed by atoms with E-state index < -0.39 is 23.9 Å². The van der Waals surface area contributed by atoms with E-state index in [0.29, 0.717) is 6.54 Å². The number of rotatable bonds is 4. The Bertz CT molecular complexity index is 678. The van der Waals surface area contributed by atoms with Crippen molar-refractivity contribution < 1.29 is 18.0 Å². The van der Waals surface area contributed by atoms with Gasteiger partial charge in [-0.1, -0.05) is 41.7 Å². The maximum absolute atomic E-state index is 13.3. The van der Waals surface area contributed by atoms with E-state index in [2.05, 4.69) is 15.5 Å². The van der Waals surface area contributed by atoms with Gasteiger partial charge in [0.05, 0.1) is 11.8 Å². The summed E-state index contributed by atoms with van der Waals surface area (Å²) in [6.07, 6.45) is -4.42. The lowest BCUT2D eigenvalue weighted by Crippen LogP contribution is -2.36. The van der Waals surface area contributed by atoms with Crippen molar-refractivity contribution in [3.05, 3.63) is 41.4 Å². The molecule has 0 bridgehead atoms. The SMILES string of the molecule is O=C(Nc1nncs1)[C@@H]1CN(Cc2ccccc2)C[C@H]1C(F)(F)F. The van der Waals surface area contributed by atoms with E-state index in [4.69, 9.17) is 0 Å². The van der Waals surface area contributed by atoms with Gasteiger partial charge >= 0.3 is 6.18 Å². The molecule has 9 heteroatoms. The van der Waals surface area contributed by atoms with E-state index in [1.165, 1.54) is 5.51 Å². The second-order valence-corrected chi connectivity index (χ2v) is 6.50. The quantitative estimate of drug-likeness (QED) is 0.915. The van der Waals surface area contributed by atoms with Crippen LogP contribution in [0.25, 0.3) is 0 Å². The predicted molar refractivity (Wildman–Crippen MR) is 83.3 cm³/mol. The molecule has 24 heavy (non-hydrogen) atoms. The molecule has 2 atom stereocenters. The molecule has 0 aliphatic carbocycles. The maximum atomic E-state index is 13.3. The molecular formula is C15H15F3N4OS. The summed E-state index contributed by atoms with van der Waals surface area (Å²) in [5.41, 5.74) is 2.33. The first-order chi connectivity index (χ1) is 11.4. The number of carbonyl (C=O) groups is 1. The van der Waals surface area contributed by atoms with Crippen LogP contribution in [0.15, 0.2) is 35.8 Å². The van der Waals surface area contributed by atoms with Gasteiger partial charge in [0.25, 0.3) is 0 Å². The number of benzene rings is 1. The zero-order valence-corrected chi connectivity index (χ0v) is 13.3. The van der Waals surface area contributed by atoms with Crippen molar-refractivity contribution in [1.29, 1.82) is 0 Å². The summed E-state index contributed by atoms with van der Waals surface area (Å²) < 4.78 is 40.0. The molecule has 1 N–H and O–H groups in total. The number of halogens is 3. The Morgan fingerprint density at radius 2 is 2.04 bits per heavy atom. The molecule has 2 heterocycles. The van der Waals surface area contributed by atoms with Crippen molar-refractivity contribution in [3.8, 4) is 0 Å². The van der Waals surface area contributed by atoms with Crippen LogP contribution < -0.4 is 5.32 Å². The number of hydrogen-bond acceptors (Lipinski definition) is 5. The monoisotopic (exact) mass is 356 g/mol. The lowest BCUT2D eigenvalue weighted by atomic mass is 9.95. The molecule has 1 aliphatic heterocycles. The zero-order chi connectivity index (χ0) is 17.2. The van der Waals surface area contributed by atoms with E-state index in [9.17, 15) is 18.0 Å². The van der Waals surface area contributed by atoms with Crippen molar-refractivity contribution in [2.45, 2.75) is 12.7 Å². The van der Waals surface area contributed by atoms with Crippen LogP contribution in [0, 0.1) is 11.8 Å². The summed E-state index contributed by atoms with van der Waals surface area (Å²) >= 11 is 1.07. The van der Waals surface area contributed by atoms with Crippen molar-refractivity contribution in [2.24, 2.45) is 11.8 Å². The van der Waals surface area contributed by atoms with Gasteiger partial charge in [0.2, 0.25) is 11.0 Å². The number of hydrogen-bond donors (Lipinski definition) is 1. The number of amides is 1. The second-order valence-electron chi connectivity index (χ2n) is 5.67. The third-order valence-corrected chi connectivity index (χ3v) is 4.60. The number of aromatic nitrogens is 2. The minimum atomic E-state index is -4.42. The van der Waals surface area contributed by atoms with Crippen molar-refractivity contribution in [2.75, 3.05) is 18.4 Å². The number of anilines is 1. The lowest BCUT2D eigenvalue weighted by Gasteiger charge is -2.20. The van der Waals surface area contributed by atoms with Crippen molar-refractivity contribution in [1.82, 2.24) is 15.1 Å². The molecule has 1 fully saturated rings. The first kappa shape index (κ1) is 16.8. The van der Waals surface area contributed by atoms with Gasteiger partial charge in [-0.25, -0.2) is 0 Å². The first-order valence-electron chi connectivity index (χ1n) is 7.33. The van der Waals surface area contributed by atoms with Gasteiger partial charge in [0, 0.05) is 19.6 Å². The van der Waals surface area contributed by atoms with E-state index >= 15 is 0 Å². The Morgan fingerprint density at radius 3 is 2.67 bits per heavy atom. The topological polar surface area (TPSA) is 58.1 Å². The molecule has 0 radical (unpaired) electrons. The Hall–Kier alpha value is -2.00. The van der Waals surface area contributed by atoms with Crippen molar-refractivity contribution >= 4 is 22.4 Å². The molecule has 128 valence electrons. The molecule has 0 unspecified atom stereocenters. The van der Waals surface area contributed by atoms with Gasteiger partial charge in [0.15, 0.2) is 0 Å². The van der Waals surface area contributed by atoms with Crippen LogP contribution in [0.1, 0.15) is 5.56 Å². The molecule has 2 aromatic rings. The van der Waals surface area contributed by atoms with Gasteiger partial charge in [0.1, 0.15) is 5.51 Å². The summed E-state index contributed by atoms with van der Waals surface area (Å²) in [7, 11) is 0. The molecule has 1 aromatic carbocycles. The number of alkyl halides is 3. The largest absolute Gasteiger partial charge is 0.393 e. The standard InChI is InChI=1S/C15H15F3N4OS/c16-15(17,18)12-8-22(6-10-4-2-1-3-5-10)7-11(12)13(23)20-14-21-19-9-24-14/h1-5,9,11-12H,6-8H2,(H,20,21,23)/t11-,12-/m1/s1. The lowest BCUT2D eigenvalue weighted by molar-refractivity contribution is -0.182. The minimum Gasteiger partial charge on any atom is -0.300 e. The molecule has 0 spiro atoms. The third kappa shape index (κ3) is 3.90. The van der Waals surface area contributed by atoms with Gasteiger partial charge in [-0.3, -0.25) is 9.69 Å². The molecule has 1 aromatic heterocycles. The Balaban J connectivity index is 1.72. The van der Waals surface area contributed by atoms with Crippen LogP contribution in [0.2, 0.25) is 0 Å². The van der Waals surface area contributed by atoms with Crippen LogP contribution in [0.5, 0.6) is 0 Å². The highest BCUT2D eigenvalue weighted by Crippen LogP contribution is 2.38. The van der Waals surface area contributed by atoms with E-state index in [-0.39, 0.29) is 18.2 Å². The van der Waals surface area contributed by atoms with Gasteiger partial charge < -0.3 is 5.32 Å². The molecule has 5 nitrogen and oxygen atoms in total. The molecule has 1 saturated heterocycles. The van der Waals surface area contributed by atoms with Crippen LogP contribution in [-0.4, -0.2) is 40.3 Å². The van der Waals surface area contributed by atoms with Gasteiger partial charge in [-0.2, -0.15) is 13.2 Å². The van der Waals surface area contributed by atoms with Gasteiger partial charge in [-0.15, -0.1) is 10.2 Å². The predicted octanol–water partition coefficient (Wildman–Crippen LogP) is 2.79. The first-order valence-corrected chi connectivity index (χ1v) is 8.21. The summed E-state index contributed by atoms with van der Waals surface area (Å²) in [5, 5.41) is 9.85. The fraction of sp³-hybridized carbons (Fsp3) is 0.400. The van der Waals surface area contributed by atoms with Crippen LogP contribution >= 0.6 is 11.3 Å². The Kier molecular flexibility index (Phi) is 4.81. The normalized spacial score (nSPS) is 21.8. The summed E-state index contributed by atoms with van der Waals surface area (Å²) in [6.45, 7) is 0.256. The number of nitrogens with zero attached hydrogens (tertiary/aromatic N) is 3.